The lowest BCUT2D eigenvalue weighted by atomic mass is 10.1. The first-order valence-electron chi connectivity index (χ1n) is 16.4. The van der Waals surface area contributed by atoms with E-state index < -0.39 is 28.7 Å². The Morgan fingerprint density at radius 2 is 1.41 bits per heavy atom. The van der Waals surface area contributed by atoms with E-state index >= 15 is 0 Å². The van der Waals surface area contributed by atoms with Crippen LogP contribution in [0.5, 0.6) is 23.0 Å². The first-order valence-corrected chi connectivity index (χ1v) is 20.2. The summed E-state index contributed by atoms with van der Waals surface area (Å²) in [7, 11) is -4.69. The summed E-state index contributed by atoms with van der Waals surface area (Å²) in [5.41, 5.74) is 1.50. The number of carbonyl (C=O) groups excluding carboxylic acids is 2. The van der Waals surface area contributed by atoms with Crippen molar-refractivity contribution in [3.8, 4) is 23.0 Å². The predicted octanol–water partition coefficient (Wildman–Crippen LogP) is 2.79. The standard InChI is InChI=1S/C32H43N4O11PS/c1-44-26-15-21-23(33-19-20-5-3-7-35(20)31(21)38)17-28(26)46-10-13-48(40,12-9-37)14-11-47-29-18-24-22(16-27(29)45-2)32(39)36-8-4-6-25(36)30(34-24)49(41,42)43/h15-18,20,25,30,33-34,37H,3-14,19H2,1-2H3,(H,41,42,43)/t20-,25-,30?,48?/m0/s1. The number of ether oxygens (including phenoxy) is 4. The molecule has 49 heavy (non-hydrogen) atoms. The van der Waals surface area contributed by atoms with Crippen LogP contribution in [-0.4, -0.2) is 129 Å². The van der Waals surface area contributed by atoms with Gasteiger partial charge in [-0.25, -0.2) is 0 Å². The van der Waals surface area contributed by atoms with Gasteiger partial charge in [-0.2, -0.15) is 8.42 Å². The molecule has 0 bridgehead atoms. The van der Waals surface area contributed by atoms with Crippen molar-refractivity contribution in [1.29, 1.82) is 0 Å². The minimum absolute atomic E-state index is 0.0390. The molecule has 268 valence electrons. The molecule has 4 heterocycles. The van der Waals surface area contributed by atoms with Crippen LogP contribution in [0.4, 0.5) is 11.4 Å². The van der Waals surface area contributed by atoms with Gasteiger partial charge >= 0.3 is 0 Å². The minimum Gasteiger partial charge on any atom is -0.493 e. The lowest BCUT2D eigenvalue weighted by Gasteiger charge is -2.27. The Morgan fingerprint density at radius 1 is 0.837 bits per heavy atom. The average Bonchev–Trinajstić information content (AvgIpc) is 3.70. The Hall–Kier alpha value is -3.72. The number of aliphatic hydroxyl groups is 1. The van der Waals surface area contributed by atoms with Gasteiger partial charge in [0.1, 0.15) is 0 Å². The number of amides is 2. The van der Waals surface area contributed by atoms with Gasteiger partial charge in [0.15, 0.2) is 28.4 Å². The molecule has 4 aliphatic heterocycles. The van der Waals surface area contributed by atoms with Gasteiger partial charge in [-0.3, -0.25) is 14.1 Å². The van der Waals surface area contributed by atoms with Crippen molar-refractivity contribution in [3.63, 3.8) is 0 Å². The molecule has 2 amide bonds. The zero-order chi connectivity index (χ0) is 34.9. The number of rotatable bonds is 13. The van der Waals surface area contributed by atoms with E-state index in [4.69, 9.17) is 18.9 Å². The number of nitrogens with one attached hydrogen (secondary N) is 2. The molecule has 2 aromatic rings. The molecule has 2 unspecified atom stereocenters. The Balaban J connectivity index is 1.13. The van der Waals surface area contributed by atoms with E-state index in [9.17, 15) is 32.2 Å². The van der Waals surface area contributed by atoms with E-state index in [1.165, 1.54) is 31.3 Å². The van der Waals surface area contributed by atoms with Gasteiger partial charge < -0.3 is 49.1 Å². The van der Waals surface area contributed by atoms with Crippen LogP contribution >= 0.6 is 7.14 Å². The molecule has 15 nitrogen and oxygen atoms in total. The van der Waals surface area contributed by atoms with Crippen molar-refractivity contribution >= 4 is 40.4 Å². The molecule has 2 fully saturated rings. The molecule has 4 atom stereocenters. The third-order valence-corrected chi connectivity index (χ3v) is 13.9. The molecular weight excluding hydrogens is 679 g/mol. The van der Waals surface area contributed by atoms with Crippen molar-refractivity contribution in [3.05, 3.63) is 35.4 Å². The van der Waals surface area contributed by atoms with Gasteiger partial charge in [-0.1, -0.05) is 0 Å². The number of benzene rings is 2. The van der Waals surface area contributed by atoms with Gasteiger partial charge in [0.25, 0.3) is 21.9 Å². The first kappa shape index (κ1) is 35.1. The van der Waals surface area contributed by atoms with E-state index in [-0.39, 0.29) is 78.9 Å². The van der Waals surface area contributed by atoms with E-state index in [1.807, 2.05) is 4.90 Å². The van der Waals surface area contributed by atoms with Crippen LogP contribution in [0.15, 0.2) is 24.3 Å². The van der Waals surface area contributed by atoms with Crippen LogP contribution in [-0.2, 0) is 14.7 Å². The number of carbonyl (C=O) groups is 2. The largest absolute Gasteiger partial charge is 0.493 e. The predicted molar refractivity (Wildman–Crippen MR) is 182 cm³/mol. The maximum absolute atomic E-state index is 13.9. The number of anilines is 2. The number of nitrogens with zero attached hydrogens (tertiary/aromatic N) is 2. The van der Waals surface area contributed by atoms with E-state index in [1.54, 1.807) is 12.1 Å². The number of hydrogen-bond acceptors (Lipinski definition) is 12. The number of methoxy groups -OCH3 is 2. The van der Waals surface area contributed by atoms with Crippen molar-refractivity contribution < 1.29 is 51.2 Å². The topological polar surface area (TPSA) is 193 Å². The summed E-state index contributed by atoms with van der Waals surface area (Å²) in [6, 6.07) is 5.70. The quantitative estimate of drug-likeness (QED) is 0.174. The second kappa shape index (κ2) is 14.3. The summed E-state index contributed by atoms with van der Waals surface area (Å²) in [6.45, 7) is 1.43. The SMILES string of the molecule is COc1cc2c(cc1OCCP(=O)(CCO)CCOc1cc3c(cc1OC)C(=O)N1CCC[C@H]1C(S(=O)(=O)O)N3)NC[C@@H]1CCCN1C2=O. The second-order valence-corrected chi connectivity index (χ2v) is 17.7. The van der Waals surface area contributed by atoms with Crippen LogP contribution < -0.4 is 29.6 Å². The van der Waals surface area contributed by atoms with Crippen molar-refractivity contribution in [2.75, 3.05) is 82.8 Å². The molecule has 0 saturated carbocycles. The average molecular weight is 723 g/mol. The summed E-state index contributed by atoms with van der Waals surface area (Å²) in [5, 5.41) is 14.5. The fraction of sp³-hybridized carbons (Fsp3) is 0.562. The van der Waals surface area contributed by atoms with Crippen molar-refractivity contribution in [1.82, 2.24) is 9.80 Å². The lowest BCUT2D eigenvalue weighted by Crippen LogP contribution is -2.47. The molecule has 4 aliphatic rings. The van der Waals surface area contributed by atoms with Crippen molar-refractivity contribution in [2.45, 2.75) is 43.1 Å². The highest BCUT2D eigenvalue weighted by atomic mass is 32.2. The highest BCUT2D eigenvalue weighted by Gasteiger charge is 2.45. The molecular formula is C32H43N4O11PS. The summed E-state index contributed by atoms with van der Waals surface area (Å²) < 4.78 is 71.6. The molecule has 0 spiro atoms. The van der Waals surface area contributed by atoms with Crippen LogP contribution in [0.2, 0.25) is 0 Å². The Kier molecular flexibility index (Phi) is 10.2. The molecule has 0 aromatic heterocycles. The number of hydrogen-bond donors (Lipinski definition) is 4. The van der Waals surface area contributed by atoms with Crippen LogP contribution in [0, 0.1) is 0 Å². The van der Waals surface area contributed by atoms with Crippen LogP contribution in [0.3, 0.4) is 0 Å². The Morgan fingerprint density at radius 3 is 2.02 bits per heavy atom. The van der Waals surface area contributed by atoms with E-state index in [0.717, 1.165) is 19.4 Å². The normalized spacial score (nSPS) is 22.7. The molecule has 6 rings (SSSR count). The molecule has 0 radical (unpaired) electrons. The summed E-state index contributed by atoms with van der Waals surface area (Å²) in [5.74, 6) is 0.746. The second-order valence-electron chi connectivity index (χ2n) is 12.7. The summed E-state index contributed by atoms with van der Waals surface area (Å²) in [6.07, 6.45) is 3.19. The molecule has 4 N–H and O–H groups in total. The molecule has 2 saturated heterocycles. The number of fused-ring (bicyclic) bond motifs is 4. The maximum atomic E-state index is 13.9. The van der Waals surface area contributed by atoms with Gasteiger partial charge in [0.05, 0.1) is 63.1 Å². The smallest absolute Gasteiger partial charge is 0.288 e. The lowest BCUT2D eigenvalue weighted by molar-refractivity contribution is 0.0737. The first-order chi connectivity index (χ1) is 23.5. The van der Waals surface area contributed by atoms with Crippen molar-refractivity contribution in [2.24, 2.45) is 0 Å². The number of aliphatic hydroxyl groups excluding tert-OH is 1. The Bertz CT molecular complexity index is 1760. The monoisotopic (exact) mass is 722 g/mol. The van der Waals surface area contributed by atoms with E-state index in [2.05, 4.69) is 10.6 Å². The van der Waals surface area contributed by atoms with Gasteiger partial charge in [0, 0.05) is 62.9 Å². The molecule has 2 aromatic carbocycles. The molecule has 0 aliphatic carbocycles. The summed E-state index contributed by atoms with van der Waals surface area (Å²) in [4.78, 5) is 29.9. The third kappa shape index (κ3) is 7.14. The maximum Gasteiger partial charge on any atom is 0.288 e. The van der Waals surface area contributed by atoms with Gasteiger partial charge in [-0.15, -0.1) is 0 Å². The fourth-order valence-corrected chi connectivity index (χ4v) is 10.0. The highest BCUT2D eigenvalue weighted by Crippen LogP contribution is 2.46. The van der Waals surface area contributed by atoms with E-state index in [0.29, 0.717) is 48.7 Å². The zero-order valence-electron chi connectivity index (χ0n) is 27.6. The molecule has 17 heteroatoms. The third-order valence-electron chi connectivity index (χ3n) is 9.78. The summed E-state index contributed by atoms with van der Waals surface area (Å²) >= 11 is 0. The van der Waals surface area contributed by atoms with Gasteiger partial charge in [-0.05, 0) is 37.8 Å². The fourth-order valence-electron chi connectivity index (χ4n) is 7.18. The Labute approximate surface area is 285 Å². The van der Waals surface area contributed by atoms with Crippen LogP contribution in [0.25, 0.3) is 0 Å². The van der Waals surface area contributed by atoms with Gasteiger partial charge in [0.2, 0.25) is 0 Å². The minimum atomic E-state index is -4.56. The zero-order valence-corrected chi connectivity index (χ0v) is 29.3. The highest BCUT2D eigenvalue weighted by molar-refractivity contribution is 7.86. The van der Waals surface area contributed by atoms with Crippen LogP contribution in [0.1, 0.15) is 46.4 Å².